The molecule has 1 unspecified atom stereocenters. The zero-order valence-corrected chi connectivity index (χ0v) is 17.9. The third-order valence-corrected chi connectivity index (χ3v) is 6.59. The van der Waals surface area contributed by atoms with E-state index in [9.17, 15) is 4.79 Å². The molecule has 0 amide bonds. The fraction of sp³-hybridized carbons (Fsp3) is 0.364. The molecule has 0 bridgehead atoms. The summed E-state index contributed by atoms with van der Waals surface area (Å²) in [5, 5.41) is 12.4. The van der Waals surface area contributed by atoms with E-state index in [1.54, 1.807) is 30.7 Å². The molecular formula is C22H25N5O2S. The zero-order chi connectivity index (χ0) is 21.3. The van der Waals surface area contributed by atoms with E-state index in [0.29, 0.717) is 35.9 Å². The number of aromatic nitrogens is 2. The third kappa shape index (κ3) is 4.00. The van der Waals surface area contributed by atoms with Gasteiger partial charge in [-0.05, 0) is 62.8 Å². The van der Waals surface area contributed by atoms with Crippen molar-refractivity contribution in [3.63, 3.8) is 0 Å². The van der Waals surface area contributed by atoms with Crippen LogP contribution in [-0.4, -0.2) is 28.3 Å². The Morgan fingerprint density at radius 3 is 3.00 bits per heavy atom. The van der Waals surface area contributed by atoms with Crippen molar-refractivity contribution >= 4 is 50.4 Å². The lowest BCUT2D eigenvalue weighted by Gasteiger charge is -2.21. The number of nitrogen functional groups attached to an aromatic ring is 1. The molecule has 1 aliphatic rings. The summed E-state index contributed by atoms with van der Waals surface area (Å²) in [4.78, 5) is 23.1. The Morgan fingerprint density at radius 1 is 1.40 bits per heavy atom. The normalized spacial score (nSPS) is 15.6. The maximum Gasteiger partial charge on any atom is 0.306 e. The van der Waals surface area contributed by atoms with Crippen LogP contribution in [0.4, 0.5) is 17.2 Å². The van der Waals surface area contributed by atoms with Gasteiger partial charge in [0.05, 0.1) is 12.0 Å². The minimum atomic E-state index is -0.116. The minimum absolute atomic E-state index is 0.116. The van der Waals surface area contributed by atoms with Gasteiger partial charge in [0.1, 0.15) is 17.0 Å². The standard InChI is InChI=1S/C22H25N5O2S/c1-3-29-19(28)9-13-4-6-15-18(8-13)30-22-20(15)21(25-11-26-22)27-14-5-7-17(24)16(10-14)12(2)23/h5,7,10-11,13,23H,3-4,6,8-9,24H2,1-2H3,(H,25,26,27). The van der Waals surface area contributed by atoms with E-state index in [1.165, 1.54) is 10.4 Å². The van der Waals surface area contributed by atoms with Crippen molar-refractivity contribution in [1.29, 1.82) is 5.41 Å². The Kier molecular flexibility index (Phi) is 5.67. The Morgan fingerprint density at radius 2 is 2.23 bits per heavy atom. The van der Waals surface area contributed by atoms with Gasteiger partial charge in [0, 0.05) is 33.9 Å². The summed E-state index contributed by atoms with van der Waals surface area (Å²) in [6.07, 6.45) is 4.75. The number of carbonyl (C=O) groups is 1. The largest absolute Gasteiger partial charge is 0.466 e. The quantitative estimate of drug-likeness (QED) is 0.306. The first-order chi connectivity index (χ1) is 14.5. The molecule has 1 atom stereocenters. The van der Waals surface area contributed by atoms with Crippen molar-refractivity contribution in [2.45, 2.75) is 39.5 Å². The molecular weight excluding hydrogens is 398 g/mol. The van der Waals surface area contributed by atoms with Crippen molar-refractivity contribution in [1.82, 2.24) is 9.97 Å². The van der Waals surface area contributed by atoms with E-state index in [0.717, 1.165) is 41.0 Å². The number of fused-ring (bicyclic) bond motifs is 3. The number of anilines is 3. The van der Waals surface area contributed by atoms with E-state index < -0.39 is 0 Å². The number of benzene rings is 1. The first kappa shape index (κ1) is 20.3. The smallest absolute Gasteiger partial charge is 0.306 e. The van der Waals surface area contributed by atoms with Crippen molar-refractivity contribution in [3.8, 4) is 0 Å². The molecule has 3 aromatic rings. The first-order valence-electron chi connectivity index (χ1n) is 10.1. The van der Waals surface area contributed by atoms with Crippen LogP contribution < -0.4 is 11.1 Å². The monoisotopic (exact) mass is 423 g/mol. The minimum Gasteiger partial charge on any atom is -0.466 e. The van der Waals surface area contributed by atoms with Crippen LogP contribution in [0.5, 0.6) is 0 Å². The molecule has 0 fully saturated rings. The van der Waals surface area contributed by atoms with E-state index >= 15 is 0 Å². The first-order valence-corrected chi connectivity index (χ1v) is 10.9. The lowest BCUT2D eigenvalue weighted by Crippen LogP contribution is -2.18. The second kappa shape index (κ2) is 8.39. The molecule has 1 aliphatic carbocycles. The molecule has 0 saturated heterocycles. The summed E-state index contributed by atoms with van der Waals surface area (Å²) in [7, 11) is 0. The van der Waals surface area contributed by atoms with E-state index in [-0.39, 0.29) is 5.97 Å². The van der Waals surface area contributed by atoms with Crippen LogP contribution in [0.15, 0.2) is 24.5 Å². The molecule has 0 radical (unpaired) electrons. The molecule has 2 heterocycles. The van der Waals surface area contributed by atoms with Crippen molar-refractivity contribution in [3.05, 3.63) is 40.5 Å². The van der Waals surface area contributed by atoms with Crippen molar-refractivity contribution in [2.24, 2.45) is 5.92 Å². The summed E-state index contributed by atoms with van der Waals surface area (Å²) >= 11 is 1.68. The highest BCUT2D eigenvalue weighted by Crippen LogP contribution is 2.41. The summed E-state index contributed by atoms with van der Waals surface area (Å²) < 4.78 is 5.12. The molecule has 0 aliphatic heterocycles. The summed E-state index contributed by atoms with van der Waals surface area (Å²) in [5.74, 6) is 0.957. The van der Waals surface area contributed by atoms with Gasteiger partial charge in [-0.15, -0.1) is 11.3 Å². The highest BCUT2D eigenvalue weighted by Gasteiger charge is 2.27. The van der Waals surface area contributed by atoms with Crippen LogP contribution in [0.1, 0.15) is 42.7 Å². The molecule has 4 N–H and O–H groups in total. The van der Waals surface area contributed by atoms with Gasteiger partial charge in [-0.25, -0.2) is 9.97 Å². The fourth-order valence-corrected chi connectivity index (χ4v) is 5.30. The number of nitrogens with zero attached hydrogens (tertiary/aromatic N) is 2. The average molecular weight is 424 g/mol. The average Bonchev–Trinajstić information content (AvgIpc) is 3.08. The number of ether oxygens (including phenoxy) is 1. The summed E-state index contributed by atoms with van der Waals surface area (Å²) in [5.41, 5.74) is 9.81. The second-order valence-electron chi connectivity index (χ2n) is 7.58. The van der Waals surface area contributed by atoms with E-state index in [2.05, 4.69) is 15.3 Å². The number of aryl methyl sites for hydroxylation is 1. The second-order valence-corrected chi connectivity index (χ2v) is 8.66. The van der Waals surface area contributed by atoms with Gasteiger partial charge in [-0.1, -0.05) is 0 Å². The van der Waals surface area contributed by atoms with Gasteiger partial charge < -0.3 is 21.2 Å². The predicted molar refractivity (Wildman–Crippen MR) is 121 cm³/mol. The van der Waals surface area contributed by atoms with E-state index in [4.69, 9.17) is 15.9 Å². The fourth-order valence-electron chi connectivity index (χ4n) is 4.00. The molecule has 4 rings (SSSR count). The van der Waals surface area contributed by atoms with Gasteiger partial charge in [0.15, 0.2) is 0 Å². The number of rotatable bonds is 6. The maximum absolute atomic E-state index is 11.9. The van der Waals surface area contributed by atoms with Crippen LogP contribution in [0.2, 0.25) is 0 Å². The number of carbonyl (C=O) groups excluding carboxylic acids is 1. The number of hydrogen-bond donors (Lipinski definition) is 3. The van der Waals surface area contributed by atoms with Gasteiger partial charge in [-0.2, -0.15) is 0 Å². The van der Waals surface area contributed by atoms with Crippen LogP contribution in [0, 0.1) is 11.3 Å². The molecule has 156 valence electrons. The number of nitrogens with two attached hydrogens (primary N) is 1. The van der Waals surface area contributed by atoms with Gasteiger partial charge in [-0.3, -0.25) is 4.79 Å². The Balaban J connectivity index is 1.63. The van der Waals surface area contributed by atoms with Crippen LogP contribution in [0.25, 0.3) is 10.2 Å². The molecule has 0 spiro atoms. The van der Waals surface area contributed by atoms with Gasteiger partial charge >= 0.3 is 5.97 Å². The van der Waals surface area contributed by atoms with Crippen LogP contribution in [-0.2, 0) is 22.4 Å². The van der Waals surface area contributed by atoms with Gasteiger partial charge in [0.2, 0.25) is 0 Å². The Labute approximate surface area is 179 Å². The molecule has 8 heteroatoms. The van der Waals surface area contributed by atoms with E-state index in [1.807, 2.05) is 19.1 Å². The Hall–Kier alpha value is -3.00. The summed E-state index contributed by atoms with van der Waals surface area (Å²) in [6, 6.07) is 5.57. The predicted octanol–water partition coefficient (Wildman–Crippen LogP) is 4.46. The SMILES string of the molecule is CCOC(=O)CC1CCc2c(sc3ncnc(Nc4ccc(N)c(C(C)=N)c4)c23)C1. The van der Waals surface area contributed by atoms with Crippen molar-refractivity contribution < 1.29 is 9.53 Å². The molecule has 1 aromatic carbocycles. The van der Waals surface area contributed by atoms with Gasteiger partial charge in [0.25, 0.3) is 0 Å². The lowest BCUT2D eigenvalue weighted by atomic mass is 9.86. The number of hydrogen-bond acceptors (Lipinski definition) is 8. The highest BCUT2D eigenvalue weighted by molar-refractivity contribution is 7.19. The Bertz CT molecular complexity index is 1120. The molecule has 2 aromatic heterocycles. The zero-order valence-electron chi connectivity index (χ0n) is 17.1. The highest BCUT2D eigenvalue weighted by atomic mass is 32.1. The van der Waals surface area contributed by atoms with Crippen LogP contribution >= 0.6 is 11.3 Å². The van der Waals surface area contributed by atoms with Crippen molar-refractivity contribution in [2.75, 3.05) is 17.7 Å². The summed E-state index contributed by atoms with van der Waals surface area (Å²) in [6.45, 7) is 3.98. The topological polar surface area (TPSA) is 114 Å². The lowest BCUT2D eigenvalue weighted by molar-refractivity contribution is -0.144. The number of esters is 1. The van der Waals surface area contributed by atoms with Crippen LogP contribution in [0.3, 0.4) is 0 Å². The molecule has 7 nitrogen and oxygen atoms in total. The third-order valence-electron chi connectivity index (χ3n) is 5.43. The number of nitrogens with one attached hydrogen (secondary N) is 2. The molecule has 0 saturated carbocycles. The number of thiophene rings is 1. The maximum atomic E-state index is 11.9. The molecule has 30 heavy (non-hydrogen) atoms.